The molecule has 0 atom stereocenters. The number of carbonyl (C=O) groups excluding carboxylic acids is 1. The van der Waals surface area contributed by atoms with Gasteiger partial charge >= 0.3 is 0 Å². The van der Waals surface area contributed by atoms with Gasteiger partial charge in [0.2, 0.25) is 0 Å². The standard InChI is InChI=1S/C6H11N3O/c1-6(2,8-3)5(10)9-4-7/h8H,1-3H3,(H,9,10). The van der Waals surface area contributed by atoms with Gasteiger partial charge in [-0.3, -0.25) is 10.1 Å². The number of nitriles is 1. The fraction of sp³-hybridized carbons (Fsp3) is 0.667. The van der Waals surface area contributed by atoms with E-state index in [-0.39, 0.29) is 5.91 Å². The van der Waals surface area contributed by atoms with Crippen molar-refractivity contribution in [2.75, 3.05) is 7.05 Å². The van der Waals surface area contributed by atoms with Gasteiger partial charge in [-0.1, -0.05) is 0 Å². The van der Waals surface area contributed by atoms with Crippen LogP contribution < -0.4 is 10.6 Å². The maximum absolute atomic E-state index is 10.9. The lowest BCUT2D eigenvalue weighted by molar-refractivity contribution is -0.125. The van der Waals surface area contributed by atoms with E-state index in [0.29, 0.717) is 0 Å². The molecule has 0 aromatic rings. The first-order valence-corrected chi connectivity index (χ1v) is 2.93. The first-order chi connectivity index (χ1) is 4.54. The van der Waals surface area contributed by atoms with Crippen LogP contribution in [-0.4, -0.2) is 18.5 Å². The molecule has 4 nitrogen and oxygen atoms in total. The normalized spacial score (nSPS) is 10.2. The summed E-state index contributed by atoms with van der Waals surface area (Å²) in [4.78, 5) is 10.9. The van der Waals surface area contributed by atoms with Gasteiger partial charge in [-0.25, -0.2) is 0 Å². The van der Waals surface area contributed by atoms with Crippen molar-refractivity contribution in [3.8, 4) is 6.19 Å². The predicted octanol–water partition coefficient (Wildman–Crippen LogP) is -0.418. The summed E-state index contributed by atoms with van der Waals surface area (Å²) in [5, 5.41) is 12.9. The maximum Gasteiger partial charge on any atom is 0.252 e. The van der Waals surface area contributed by atoms with Gasteiger partial charge in [-0.15, -0.1) is 0 Å². The summed E-state index contributed by atoms with van der Waals surface area (Å²) >= 11 is 0. The lowest BCUT2D eigenvalue weighted by atomic mass is 10.1. The van der Waals surface area contributed by atoms with E-state index in [1.165, 1.54) is 0 Å². The Morgan fingerprint density at radius 3 is 2.40 bits per heavy atom. The minimum atomic E-state index is -0.671. The van der Waals surface area contributed by atoms with Crippen molar-refractivity contribution in [1.82, 2.24) is 10.6 Å². The third-order valence-electron chi connectivity index (χ3n) is 1.36. The zero-order valence-electron chi connectivity index (χ0n) is 6.36. The number of amides is 1. The van der Waals surface area contributed by atoms with Gasteiger partial charge < -0.3 is 5.32 Å². The van der Waals surface area contributed by atoms with E-state index in [1.807, 2.05) is 5.32 Å². The van der Waals surface area contributed by atoms with E-state index in [0.717, 1.165) is 0 Å². The molecule has 0 heterocycles. The second-order valence-corrected chi connectivity index (χ2v) is 2.44. The van der Waals surface area contributed by atoms with E-state index in [4.69, 9.17) is 5.26 Å². The van der Waals surface area contributed by atoms with Gasteiger partial charge in [0.05, 0.1) is 5.54 Å². The third kappa shape index (κ3) is 2.03. The van der Waals surface area contributed by atoms with Crippen molar-refractivity contribution < 1.29 is 4.79 Å². The number of nitrogens with zero attached hydrogens (tertiary/aromatic N) is 1. The Morgan fingerprint density at radius 2 is 2.10 bits per heavy atom. The molecule has 0 rings (SSSR count). The van der Waals surface area contributed by atoms with Crippen LogP contribution in [0.2, 0.25) is 0 Å². The van der Waals surface area contributed by atoms with Crippen LogP contribution in [0.5, 0.6) is 0 Å². The zero-order chi connectivity index (χ0) is 8.20. The summed E-state index contributed by atoms with van der Waals surface area (Å²) in [6.07, 6.45) is 1.57. The molecule has 0 unspecified atom stereocenters. The average Bonchev–Trinajstić information content (AvgIpc) is 1.89. The molecule has 4 heteroatoms. The first kappa shape index (κ1) is 8.92. The van der Waals surface area contributed by atoms with Gasteiger partial charge in [-0.05, 0) is 20.9 Å². The fourth-order valence-corrected chi connectivity index (χ4v) is 0.321. The van der Waals surface area contributed by atoms with Crippen LogP contribution in [0.3, 0.4) is 0 Å². The molecule has 0 aromatic heterocycles. The average molecular weight is 141 g/mol. The molecule has 0 aromatic carbocycles. The Morgan fingerprint density at radius 1 is 1.60 bits per heavy atom. The van der Waals surface area contributed by atoms with Crippen LogP contribution in [-0.2, 0) is 4.79 Å². The Bertz CT molecular complexity index is 168. The van der Waals surface area contributed by atoms with Crippen LogP contribution in [0.25, 0.3) is 0 Å². The van der Waals surface area contributed by atoms with Crippen molar-refractivity contribution >= 4 is 5.91 Å². The Kier molecular flexibility index (Phi) is 2.84. The van der Waals surface area contributed by atoms with Crippen molar-refractivity contribution in [1.29, 1.82) is 5.26 Å². The molecule has 0 radical (unpaired) electrons. The predicted molar refractivity (Wildman–Crippen MR) is 36.9 cm³/mol. The summed E-state index contributed by atoms with van der Waals surface area (Å²) in [7, 11) is 1.66. The fourth-order valence-electron chi connectivity index (χ4n) is 0.321. The highest BCUT2D eigenvalue weighted by Crippen LogP contribution is 1.98. The van der Waals surface area contributed by atoms with Gasteiger partial charge in [0, 0.05) is 0 Å². The zero-order valence-corrected chi connectivity index (χ0v) is 6.36. The van der Waals surface area contributed by atoms with Crippen LogP contribution in [0.4, 0.5) is 0 Å². The maximum atomic E-state index is 10.9. The van der Waals surface area contributed by atoms with E-state index in [1.54, 1.807) is 27.1 Å². The molecule has 2 N–H and O–H groups in total. The number of nitrogens with one attached hydrogen (secondary N) is 2. The highest BCUT2D eigenvalue weighted by Gasteiger charge is 2.24. The lowest BCUT2D eigenvalue weighted by Gasteiger charge is -2.19. The molecule has 0 fully saturated rings. The summed E-state index contributed by atoms with van der Waals surface area (Å²) in [5.74, 6) is -0.322. The van der Waals surface area contributed by atoms with E-state index < -0.39 is 5.54 Å². The quantitative estimate of drug-likeness (QED) is 0.405. The second-order valence-electron chi connectivity index (χ2n) is 2.44. The third-order valence-corrected chi connectivity index (χ3v) is 1.36. The topological polar surface area (TPSA) is 64.9 Å². The van der Waals surface area contributed by atoms with Crippen molar-refractivity contribution in [3.63, 3.8) is 0 Å². The highest BCUT2D eigenvalue weighted by atomic mass is 16.2. The van der Waals surface area contributed by atoms with Crippen LogP contribution >= 0.6 is 0 Å². The number of carbonyl (C=O) groups is 1. The van der Waals surface area contributed by atoms with Gasteiger partial charge in [0.25, 0.3) is 5.91 Å². The molecule has 0 bridgehead atoms. The largest absolute Gasteiger partial charge is 0.307 e. The number of hydrogen-bond donors (Lipinski definition) is 2. The molecular weight excluding hydrogens is 130 g/mol. The summed E-state index contributed by atoms with van der Waals surface area (Å²) in [5.41, 5.74) is -0.671. The summed E-state index contributed by atoms with van der Waals surface area (Å²) in [6.45, 7) is 3.39. The van der Waals surface area contributed by atoms with Crippen molar-refractivity contribution in [2.45, 2.75) is 19.4 Å². The smallest absolute Gasteiger partial charge is 0.252 e. The van der Waals surface area contributed by atoms with Crippen molar-refractivity contribution in [2.24, 2.45) is 0 Å². The molecule has 0 aliphatic heterocycles. The highest BCUT2D eigenvalue weighted by molar-refractivity contribution is 5.86. The molecule has 0 spiro atoms. The molecule has 56 valence electrons. The van der Waals surface area contributed by atoms with Gasteiger partial charge in [-0.2, -0.15) is 5.26 Å². The lowest BCUT2D eigenvalue weighted by Crippen LogP contribution is -2.49. The van der Waals surface area contributed by atoms with E-state index >= 15 is 0 Å². The molecule has 0 saturated heterocycles. The van der Waals surface area contributed by atoms with Crippen LogP contribution in [0.15, 0.2) is 0 Å². The Hall–Kier alpha value is -1.08. The molecule has 0 saturated carbocycles. The minimum absolute atomic E-state index is 0.322. The summed E-state index contributed by atoms with van der Waals surface area (Å²) in [6, 6.07) is 0. The number of hydrogen-bond acceptors (Lipinski definition) is 3. The van der Waals surface area contributed by atoms with E-state index in [2.05, 4.69) is 5.32 Å². The summed E-state index contributed by atoms with van der Waals surface area (Å²) < 4.78 is 0. The Balaban J connectivity index is 4.08. The van der Waals surface area contributed by atoms with Crippen LogP contribution in [0, 0.1) is 11.5 Å². The Labute approximate surface area is 60.2 Å². The van der Waals surface area contributed by atoms with Gasteiger partial charge in [0.15, 0.2) is 6.19 Å². The molecule has 10 heavy (non-hydrogen) atoms. The monoisotopic (exact) mass is 141 g/mol. The van der Waals surface area contributed by atoms with Crippen molar-refractivity contribution in [3.05, 3.63) is 0 Å². The molecule has 0 aliphatic rings. The second kappa shape index (κ2) is 3.18. The number of rotatable bonds is 2. The molecular formula is C6H11N3O. The molecule has 1 amide bonds. The minimum Gasteiger partial charge on any atom is -0.307 e. The molecule has 0 aliphatic carbocycles. The van der Waals surface area contributed by atoms with Gasteiger partial charge in [0.1, 0.15) is 0 Å². The first-order valence-electron chi connectivity index (χ1n) is 2.93. The number of likely N-dealkylation sites (N-methyl/N-ethyl adjacent to an activating group) is 1. The van der Waals surface area contributed by atoms with Crippen LogP contribution in [0.1, 0.15) is 13.8 Å². The van der Waals surface area contributed by atoms with E-state index in [9.17, 15) is 4.79 Å². The SMILES string of the molecule is CNC(C)(C)C(=O)NC#N.